The van der Waals surface area contributed by atoms with E-state index in [1.165, 1.54) is 17.6 Å². The van der Waals surface area contributed by atoms with Crippen LogP contribution in [0.1, 0.15) is 39.5 Å². The van der Waals surface area contributed by atoms with Crippen molar-refractivity contribution in [3.05, 3.63) is 24.4 Å². The van der Waals surface area contributed by atoms with Crippen molar-refractivity contribution in [2.24, 2.45) is 7.05 Å². The van der Waals surface area contributed by atoms with Crippen LogP contribution in [0.5, 0.6) is 5.75 Å². The first-order valence-corrected chi connectivity index (χ1v) is 10.5. The zero-order valence-corrected chi connectivity index (χ0v) is 18.2. The highest BCUT2D eigenvalue weighted by Gasteiger charge is 2.49. The molecule has 162 valence electrons. The Kier molecular flexibility index (Phi) is 4.44. The van der Waals surface area contributed by atoms with Crippen LogP contribution in [0.2, 0.25) is 0 Å². The highest BCUT2D eigenvalue weighted by atomic mass is 16.3. The molecule has 2 fully saturated rings. The number of nitrogens with one attached hydrogen (secondary N) is 1. The average molecular weight is 422 g/mol. The molecule has 1 aromatic carbocycles. The van der Waals surface area contributed by atoms with Gasteiger partial charge in [0.15, 0.2) is 11.6 Å². The number of benzene rings is 1. The molecule has 2 saturated heterocycles. The van der Waals surface area contributed by atoms with Crippen molar-refractivity contribution in [2.45, 2.75) is 56.7 Å². The molecule has 31 heavy (non-hydrogen) atoms. The van der Waals surface area contributed by atoms with E-state index < -0.39 is 0 Å². The van der Waals surface area contributed by atoms with Crippen molar-refractivity contribution in [1.29, 1.82) is 0 Å². The van der Waals surface area contributed by atoms with Crippen LogP contribution in [0, 0.1) is 0 Å². The van der Waals surface area contributed by atoms with E-state index >= 15 is 0 Å². The number of phenolic OH excluding ortho intramolecular Hbond substituents is 1. The van der Waals surface area contributed by atoms with E-state index in [1.807, 2.05) is 6.07 Å². The van der Waals surface area contributed by atoms with Gasteiger partial charge in [0.05, 0.1) is 18.8 Å². The molecule has 0 spiro atoms. The lowest BCUT2D eigenvalue weighted by atomic mass is 9.84. The van der Waals surface area contributed by atoms with Crippen LogP contribution in [0.15, 0.2) is 24.4 Å². The lowest BCUT2D eigenvalue weighted by Gasteiger charge is -2.45. The molecule has 10 nitrogen and oxygen atoms in total. The van der Waals surface area contributed by atoms with E-state index in [1.54, 1.807) is 25.4 Å². The zero-order valence-electron chi connectivity index (χ0n) is 18.2. The summed E-state index contributed by atoms with van der Waals surface area (Å²) >= 11 is 0. The molecule has 3 aromatic rings. The number of aromatic nitrogens is 7. The number of fused-ring (bicyclic) bond motifs is 2. The predicted molar refractivity (Wildman–Crippen MR) is 115 cm³/mol. The summed E-state index contributed by atoms with van der Waals surface area (Å²) in [5.41, 5.74) is 1.53. The molecular weight excluding hydrogens is 394 g/mol. The van der Waals surface area contributed by atoms with Crippen LogP contribution in [0.25, 0.3) is 22.8 Å². The molecule has 0 aliphatic carbocycles. The maximum atomic E-state index is 10.5. The summed E-state index contributed by atoms with van der Waals surface area (Å²) in [6, 6.07) is 5.52. The molecule has 0 saturated carbocycles. The van der Waals surface area contributed by atoms with Gasteiger partial charge < -0.3 is 15.3 Å². The zero-order chi connectivity index (χ0) is 21.8. The van der Waals surface area contributed by atoms with E-state index in [4.69, 9.17) is 0 Å². The molecule has 2 aliphatic rings. The smallest absolute Gasteiger partial charge is 0.205 e. The second-order valence-corrected chi connectivity index (χ2v) is 9.39. The monoisotopic (exact) mass is 421 g/mol. The van der Waals surface area contributed by atoms with Crippen molar-refractivity contribution < 1.29 is 5.11 Å². The predicted octanol–water partition coefficient (Wildman–Crippen LogP) is 1.93. The minimum atomic E-state index is 0.0450. The Morgan fingerprint density at radius 3 is 2.42 bits per heavy atom. The van der Waals surface area contributed by atoms with Gasteiger partial charge in [-0.2, -0.15) is 4.80 Å². The second-order valence-electron chi connectivity index (χ2n) is 9.39. The molecule has 5 rings (SSSR count). The molecule has 0 radical (unpaired) electrons. The number of tetrazole rings is 1. The average Bonchev–Trinajstić information content (AvgIpc) is 3.27. The molecule has 3 atom stereocenters. The second kappa shape index (κ2) is 6.94. The van der Waals surface area contributed by atoms with Gasteiger partial charge in [-0.05, 0) is 56.9 Å². The van der Waals surface area contributed by atoms with Crippen molar-refractivity contribution in [3.8, 4) is 28.5 Å². The fourth-order valence-corrected chi connectivity index (χ4v) is 5.10. The summed E-state index contributed by atoms with van der Waals surface area (Å²) in [6.45, 7) is 4.63. The number of phenols is 1. The standard InChI is InChI=1S/C21H27N9O/c1-20-7-8-21(2,27-20)11-14(10-20)29(3)17-12-22-19(24-23-17)15-6-5-13(9-16(15)31)18-25-28-30(4)26-18/h5-6,9,12,14,27,31H,7-8,10-11H2,1-4H3/t14?,20-,21+. The first-order valence-electron chi connectivity index (χ1n) is 10.5. The Morgan fingerprint density at radius 2 is 1.84 bits per heavy atom. The lowest BCUT2D eigenvalue weighted by Crippen LogP contribution is -2.58. The molecular formula is C21H27N9O. The van der Waals surface area contributed by atoms with Crippen molar-refractivity contribution in [3.63, 3.8) is 0 Å². The van der Waals surface area contributed by atoms with Gasteiger partial charge in [0.2, 0.25) is 5.82 Å². The largest absolute Gasteiger partial charge is 0.507 e. The SMILES string of the molecule is CN(c1cnc(-c2ccc(-c3nnn(C)n3)cc2O)nn1)C1C[C@]2(C)CC[C@](C)(C1)N2. The Balaban J connectivity index is 1.35. The quantitative estimate of drug-likeness (QED) is 0.651. The number of nitrogens with zero attached hydrogens (tertiary/aromatic N) is 8. The van der Waals surface area contributed by atoms with E-state index in [2.05, 4.69) is 61.7 Å². The number of aromatic hydroxyl groups is 1. The fourth-order valence-electron chi connectivity index (χ4n) is 5.10. The van der Waals surface area contributed by atoms with Gasteiger partial charge in [-0.3, -0.25) is 0 Å². The Labute approximate surface area is 180 Å². The first-order chi connectivity index (χ1) is 14.7. The van der Waals surface area contributed by atoms with Gasteiger partial charge in [-0.25, -0.2) is 4.98 Å². The number of piperidine rings is 1. The molecule has 1 unspecified atom stereocenters. The van der Waals surface area contributed by atoms with E-state index in [-0.39, 0.29) is 16.8 Å². The van der Waals surface area contributed by atoms with Crippen molar-refractivity contribution in [2.75, 3.05) is 11.9 Å². The highest BCUT2D eigenvalue weighted by molar-refractivity contribution is 5.69. The Bertz CT molecular complexity index is 1100. The van der Waals surface area contributed by atoms with Crippen molar-refractivity contribution >= 4 is 5.82 Å². The molecule has 2 N–H and O–H groups in total. The minimum Gasteiger partial charge on any atom is -0.507 e. The van der Waals surface area contributed by atoms with Gasteiger partial charge in [0, 0.05) is 29.7 Å². The molecule has 10 heteroatoms. The lowest BCUT2D eigenvalue weighted by molar-refractivity contribution is 0.207. The van der Waals surface area contributed by atoms with Gasteiger partial charge >= 0.3 is 0 Å². The Hall–Kier alpha value is -3.14. The maximum absolute atomic E-state index is 10.5. The third-order valence-electron chi connectivity index (χ3n) is 6.67. The summed E-state index contributed by atoms with van der Waals surface area (Å²) in [5, 5.41) is 35.0. The van der Waals surface area contributed by atoms with Gasteiger partial charge in [0.25, 0.3) is 0 Å². The summed E-state index contributed by atoms with van der Waals surface area (Å²) < 4.78 is 0. The first kappa shape index (κ1) is 19.8. The highest BCUT2D eigenvalue weighted by Crippen LogP contribution is 2.43. The molecule has 4 heterocycles. The summed E-state index contributed by atoms with van der Waals surface area (Å²) in [7, 11) is 3.76. The normalized spacial score (nSPS) is 27.4. The van der Waals surface area contributed by atoms with Crippen LogP contribution < -0.4 is 10.2 Å². The van der Waals surface area contributed by atoms with Crippen LogP contribution in [0.3, 0.4) is 0 Å². The molecule has 2 bridgehead atoms. The van der Waals surface area contributed by atoms with Gasteiger partial charge in [-0.1, -0.05) is 6.07 Å². The number of hydrogen-bond acceptors (Lipinski definition) is 9. The topological polar surface area (TPSA) is 118 Å². The van der Waals surface area contributed by atoms with E-state index in [9.17, 15) is 5.11 Å². The van der Waals surface area contributed by atoms with Crippen LogP contribution >= 0.6 is 0 Å². The number of rotatable bonds is 4. The minimum absolute atomic E-state index is 0.0450. The van der Waals surface area contributed by atoms with E-state index in [0.29, 0.717) is 28.8 Å². The van der Waals surface area contributed by atoms with Gasteiger partial charge in [0.1, 0.15) is 5.75 Å². The summed E-state index contributed by atoms with van der Waals surface area (Å²) in [5.74, 6) is 1.60. The molecule has 2 aliphatic heterocycles. The fraction of sp³-hybridized carbons (Fsp3) is 0.524. The third kappa shape index (κ3) is 3.60. The Morgan fingerprint density at radius 1 is 1.10 bits per heavy atom. The van der Waals surface area contributed by atoms with Crippen LogP contribution in [-0.4, -0.2) is 64.7 Å². The van der Waals surface area contributed by atoms with Crippen molar-refractivity contribution in [1.82, 2.24) is 40.7 Å². The van der Waals surface area contributed by atoms with Gasteiger partial charge in [-0.15, -0.1) is 20.4 Å². The number of hydrogen-bond donors (Lipinski definition) is 2. The number of anilines is 1. The van der Waals surface area contributed by atoms with E-state index in [0.717, 1.165) is 18.7 Å². The molecule has 2 aromatic heterocycles. The summed E-state index contributed by atoms with van der Waals surface area (Å²) in [4.78, 5) is 8.04. The molecule has 0 amide bonds. The summed E-state index contributed by atoms with van der Waals surface area (Å²) in [6.07, 6.45) is 6.28. The number of aryl methyl sites for hydroxylation is 1. The van der Waals surface area contributed by atoms with Crippen LogP contribution in [0.4, 0.5) is 5.82 Å². The third-order valence-corrected chi connectivity index (χ3v) is 6.67. The maximum Gasteiger partial charge on any atom is 0.205 e. The van der Waals surface area contributed by atoms with Crippen LogP contribution in [-0.2, 0) is 7.05 Å².